The molecule has 0 aliphatic heterocycles. The molecule has 150 valence electrons. The number of carbonyl (C=O) groups is 2. The minimum Gasteiger partial charge on any atom is -0.493 e. The molecule has 0 radical (unpaired) electrons. The standard InChI is InChI=1S/C19H19N5O5/c1-27-16-8-13(5-6-15(16)29-10-17(25)28-2)19(26)22-9-14-4-3-7-21-18(14)24-12-20-11-23-24/h3-8,11-12H,9-10H2,1-2H3,(H,22,26). The Bertz CT molecular complexity index is 990. The normalized spacial score (nSPS) is 10.3. The molecule has 0 fully saturated rings. The zero-order valence-electron chi connectivity index (χ0n) is 15.9. The van der Waals surface area contributed by atoms with E-state index in [2.05, 4.69) is 25.1 Å². The lowest BCUT2D eigenvalue weighted by atomic mass is 10.1. The van der Waals surface area contributed by atoms with Crippen LogP contribution >= 0.6 is 0 Å². The summed E-state index contributed by atoms with van der Waals surface area (Å²) in [5, 5.41) is 6.90. The molecule has 0 aliphatic carbocycles. The van der Waals surface area contributed by atoms with Crippen molar-refractivity contribution in [1.82, 2.24) is 25.1 Å². The van der Waals surface area contributed by atoms with Crippen LogP contribution < -0.4 is 14.8 Å². The van der Waals surface area contributed by atoms with Crippen LogP contribution in [0.5, 0.6) is 11.5 Å². The van der Waals surface area contributed by atoms with Gasteiger partial charge >= 0.3 is 5.97 Å². The zero-order chi connectivity index (χ0) is 20.6. The van der Waals surface area contributed by atoms with Crippen LogP contribution in [-0.2, 0) is 16.1 Å². The second-order valence-electron chi connectivity index (χ2n) is 5.74. The van der Waals surface area contributed by atoms with E-state index >= 15 is 0 Å². The smallest absolute Gasteiger partial charge is 0.343 e. The summed E-state index contributed by atoms with van der Waals surface area (Å²) in [5.74, 6) is 0.403. The molecule has 0 aliphatic rings. The Hall–Kier alpha value is -3.95. The number of pyridine rings is 1. The van der Waals surface area contributed by atoms with Crippen molar-refractivity contribution in [2.24, 2.45) is 0 Å². The van der Waals surface area contributed by atoms with Gasteiger partial charge in [-0.3, -0.25) is 4.79 Å². The van der Waals surface area contributed by atoms with Crippen LogP contribution in [0.4, 0.5) is 0 Å². The molecule has 1 aromatic carbocycles. The molecule has 0 spiro atoms. The second kappa shape index (κ2) is 9.31. The third kappa shape index (κ3) is 4.86. The highest BCUT2D eigenvalue weighted by Gasteiger charge is 2.14. The molecule has 0 saturated heterocycles. The Kier molecular flexibility index (Phi) is 6.36. The van der Waals surface area contributed by atoms with Gasteiger partial charge in [-0.15, -0.1) is 0 Å². The molecule has 10 heteroatoms. The van der Waals surface area contributed by atoms with Crippen LogP contribution in [0, 0.1) is 0 Å². The molecule has 1 amide bonds. The maximum absolute atomic E-state index is 12.6. The molecule has 10 nitrogen and oxygen atoms in total. The van der Waals surface area contributed by atoms with Gasteiger partial charge in [0.15, 0.2) is 23.9 Å². The molecule has 0 unspecified atom stereocenters. The summed E-state index contributed by atoms with van der Waals surface area (Å²) in [6.07, 6.45) is 4.58. The summed E-state index contributed by atoms with van der Waals surface area (Å²) in [4.78, 5) is 32.0. The third-order valence-electron chi connectivity index (χ3n) is 3.94. The van der Waals surface area contributed by atoms with Gasteiger partial charge < -0.3 is 19.5 Å². The number of rotatable bonds is 8. The van der Waals surface area contributed by atoms with Crippen molar-refractivity contribution in [3.63, 3.8) is 0 Å². The SMILES string of the molecule is COC(=O)COc1ccc(C(=O)NCc2cccnc2-n2cncn2)cc1OC. The van der Waals surface area contributed by atoms with Gasteiger partial charge in [0, 0.05) is 23.9 Å². The largest absolute Gasteiger partial charge is 0.493 e. The van der Waals surface area contributed by atoms with Crippen molar-refractivity contribution >= 4 is 11.9 Å². The molecule has 3 aromatic rings. The van der Waals surface area contributed by atoms with Crippen molar-refractivity contribution in [1.29, 1.82) is 0 Å². The average Bonchev–Trinajstić information content (AvgIpc) is 3.30. The van der Waals surface area contributed by atoms with Crippen LogP contribution in [-0.4, -0.2) is 52.5 Å². The Balaban J connectivity index is 1.69. The number of nitrogens with zero attached hydrogens (tertiary/aromatic N) is 4. The molecule has 0 saturated carbocycles. The average molecular weight is 397 g/mol. The van der Waals surface area contributed by atoms with E-state index in [-0.39, 0.29) is 19.1 Å². The molecule has 0 atom stereocenters. The predicted octanol–water partition coefficient (Wildman–Crippen LogP) is 1.15. The van der Waals surface area contributed by atoms with Crippen LogP contribution in [0.2, 0.25) is 0 Å². The van der Waals surface area contributed by atoms with Gasteiger partial charge in [-0.05, 0) is 24.3 Å². The summed E-state index contributed by atoms with van der Waals surface area (Å²) in [5.41, 5.74) is 1.15. The number of hydrogen-bond donors (Lipinski definition) is 1. The van der Waals surface area contributed by atoms with Crippen molar-refractivity contribution < 1.29 is 23.8 Å². The highest BCUT2D eigenvalue weighted by molar-refractivity contribution is 5.94. The van der Waals surface area contributed by atoms with Gasteiger partial charge in [-0.1, -0.05) is 6.07 Å². The zero-order valence-corrected chi connectivity index (χ0v) is 15.9. The summed E-state index contributed by atoms with van der Waals surface area (Å²) in [6.45, 7) is -0.0186. The lowest BCUT2D eigenvalue weighted by molar-refractivity contribution is -0.142. The summed E-state index contributed by atoms with van der Waals surface area (Å²) >= 11 is 0. The fourth-order valence-corrected chi connectivity index (χ4v) is 2.49. The van der Waals surface area contributed by atoms with Gasteiger partial charge in [0.1, 0.15) is 12.7 Å². The molecular weight excluding hydrogens is 378 g/mol. The Morgan fingerprint density at radius 2 is 2.03 bits per heavy atom. The first-order valence-electron chi connectivity index (χ1n) is 8.57. The van der Waals surface area contributed by atoms with Crippen LogP contribution in [0.3, 0.4) is 0 Å². The molecule has 1 N–H and O–H groups in total. The number of benzene rings is 1. The van der Waals surface area contributed by atoms with E-state index in [9.17, 15) is 9.59 Å². The summed E-state index contributed by atoms with van der Waals surface area (Å²) < 4.78 is 16.7. The van der Waals surface area contributed by atoms with Gasteiger partial charge in [0.2, 0.25) is 0 Å². The van der Waals surface area contributed by atoms with E-state index in [0.717, 1.165) is 5.56 Å². The number of aromatic nitrogens is 4. The van der Waals surface area contributed by atoms with Crippen molar-refractivity contribution in [2.75, 3.05) is 20.8 Å². The predicted molar refractivity (Wildman–Crippen MR) is 101 cm³/mol. The highest BCUT2D eigenvalue weighted by atomic mass is 16.6. The lowest BCUT2D eigenvalue weighted by Gasteiger charge is -2.12. The first-order valence-corrected chi connectivity index (χ1v) is 8.57. The first-order chi connectivity index (χ1) is 14.1. The van der Waals surface area contributed by atoms with Gasteiger partial charge in [0.05, 0.1) is 14.2 Å². The van der Waals surface area contributed by atoms with Crippen LogP contribution in [0.15, 0.2) is 49.2 Å². The molecule has 2 aromatic heterocycles. The molecular formula is C19H19N5O5. The molecule has 29 heavy (non-hydrogen) atoms. The maximum Gasteiger partial charge on any atom is 0.343 e. The fourth-order valence-electron chi connectivity index (χ4n) is 2.49. The monoisotopic (exact) mass is 397 g/mol. The Morgan fingerprint density at radius 3 is 2.76 bits per heavy atom. The Morgan fingerprint density at radius 1 is 1.17 bits per heavy atom. The fraction of sp³-hybridized carbons (Fsp3) is 0.211. The highest BCUT2D eigenvalue weighted by Crippen LogP contribution is 2.28. The number of amides is 1. The van der Waals surface area contributed by atoms with Crippen LogP contribution in [0.25, 0.3) is 5.82 Å². The minimum atomic E-state index is -0.520. The minimum absolute atomic E-state index is 0.241. The molecule has 3 rings (SSSR count). The first kappa shape index (κ1) is 19.8. The van der Waals surface area contributed by atoms with Crippen molar-refractivity contribution in [3.05, 3.63) is 60.3 Å². The summed E-state index contributed by atoms with van der Waals surface area (Å²) in [7, 11) is 2.72. The van der Waals surface area contributed by atoms with Gasteiger partial charge in [-0.25, -0.2) is 19.4 Å². The van der Waals surface area contributed by atoms with E-state index in [4.69, 9.17) is 9.47 Å². The van der Waals surface area contributed by atoms with Crippen molar-refractivity contribution in [3.8, 4) is 17.3 Å². The van der Waals surface area contributed by atoms with E-state index in [0.29, 0.717) is 22.9 Å². The Labute approximate surface area is 166 Å². The lowest BCUT2D eigenvalue weighted by Crippen LogP contribution is -2.24. The van der Waals surface area contributed by atoms with Crippen LogP contribution in [0.1, 0.15) is 15.9 Å². The topological polar surface area (TPSA) is 117 Å². The number of ether oxygens (including phenoxy) is 3. The number of esters is 1. The maximum atomic E-state index is 12.6. The van der Waals surface area contributed by atoms with E-state index in [1.807, 2.05) is 6.07 Å². The van der Waals surface area contributed by atoms with Crippen molar-refractivity contribution in [2.45, 2.75) is 6.54 Å². The second-order valence-corrected chi connectivity index (χ2v) is 5.74. The third-order valence-corrected chi connectivity index (χ3v) is 3.94. The number of hydrogen-bond acceptors (Lipinski definition) is 8. The number of methoxy groups -OCH3 is 2. The van der Waals surface area contributed by atoms with Gasteiger partial charge in [0.25, 0.3) is 5.91 Å². The molecule has 2 heterocycles. The molecule has 0 bridgehead atoms. The quantitative estimate of drug-likeness (QED) is 0.563. The van der Waals surface area contributed by atoms with Gasteiger partial charge in [-0.2, -0.15) is 5.10 Å². The van der Waals surface area contributed by atoms with E-state index in [1.54, 1.807) is 24.4 Å². The van der Waals surface area contributed by atoms with E-state index < -0.39 is 5.97 Å². The summed E-state index contributed by atoms with van der Waals surface area (Å²) in [6, 6.07) is 8.28. The van der Waals surface area contributed by atoms with E-state index in [1.165, 1.54) is 37.6 Å². The number of carbonyl (C=O) groups excluding carboxylic acids is 2. The number of nitrogens with one attached hydrogen (secondary N) is 1.